The number of halogens is 12. The summed E-state index contributed by atoms with van der Waals surface area (Å²) < 4.78 is 170. The molecule has 3 N–H and O–H groups in total. The van der Waals surface area contributed by atoms with Crippen LogP contribution in [0.4, 0.5) is 62.3 Å². The van der Waals surface area contributed by atoms with Gasteiger partial charge in [-0.15, -0.1) is 0 Å². The van der Waals surface area contributed by atoms with Gasteiger partial charge in [0.2, 0.25) is 0 Å². The highest BCUT2D eigenvalue weighted by atomic mass is 19.4. The molecule has 2 aliphatic carbocycles. The molecule has 2 amide bonds. The normalized spacial score (nSPS) is 15.8. The van der Waals surface area contributed by atoms with E-state index in [1.807, 2.05) is 6.07 Å². The lowest BCUT2D eigenvalue weighted by atomic mass is 10.0. The molecule has 0 radical (unpaired) electrons. The first-order valence-corrected chi connectivity index (χ1v) is 20.1. The van der Waals surface area contributed by atoms with Gasteiger partial charge in [-0.25, -0.2) is 19.2 Å². The molecule has 0 bridgehead atoms. The third kappa shape index (κ3) is 14.8. The number of ether oxygens (including phenoxy) is 3. The molecule has 4 aromatic rings. The largest absolute Gasteiger partial charge is 0.478 e. The topological polar surface area (TPSA) is 140 Å². The second kappa shape index (κ2) is 21.3. The zero-order valence-corrected chi connectivity index (χ0v) is 35.2. The van der Waals surface area contributed by atoms with Crippen molar-refractivity contribution >= 4 is 36.3 Å². The average Bonchev–Trinajstić information content (AvgIpc) is 3.84. The Kier molecular flexibility index (Phi) is 16.3. The van der Waals surface area contributed by atoms with Gasteiger partial charge in [0, 0.05) is 12.2 Å². The van der Waals surface area contributed by atoms with Gasteiger partial charge >= 0.3 is 48.8 Å². The summed E-state index contributed by atoms with van der Waals surface area (Å²) in [4.78, 5) is 46.4. The number of benzene rings is 4. The molecule has 22 heteroatoms. The molecule has 0 aliphatic heterocycles. The maximum absolute atomic E-state index is 13.0. The zero-order valence-electron chi connectivity index (χ0n) is 35.2. The van der Waals surface area contributed by atoms with Crippen LogP contribution in [0.25, 0.3) is 12.2 Å². The number of carboxylic acids is 1. The van der Waals surface area contributed by atoms with Gasteiger partial charge in [-0.05, 0) is 126 Å². The van der Waals surface area contributed by atoms with Crippen LogP contribution >= 0.6 is 0 Å². The predicted octanol–water partition coefficient (Wildman–Crippen LogP) is 11.9. The van der Waals surface area contributed by atoms with Gasteiger partial charge in [-0.1, -0.05) is 36.4 Å². The van der Waals surface area contributed by atoms with Gasteiger partial charge in [-0.3, -0.25) is 0 Å². The number of aliphatic carboxylic acids is 1. The summed E-state index contributed by atoms with van der Waals surface area (Å²) in [5.74, 6) is -1.57. The van der Waals surface area contributed by atoms with Crippen molar-refractivity contribution in [3.05, 3.63) is 152 Å². The summed E-state index contributed by atoms with van der Waals surface area (Å²) >= 11 is 0. The molecule has 2 unspecified atom stereocenters. The van der Waals surface area contributed by atoms with Gasteiger partial charge in [-0.2, -0.15) is 52.7 Å². The standard InChI is InChI=1S/C24H21F6NO4.C22H17F6NO4/c1-2-34-21(32)8-4-14-3-6-19-16(9-14)5-7-20(19)31-22(33)35-13-15-10-17(23(25,26)27)12-18(11-15)24(28,29)30;23-21(24,25)15-8-13(9-16(10-15)22(26,27)28)11-33-20(32)29-18-5-3-14-7-12(1-4-17(14)18)2-6-19(30)31/h3-4,6,8-12,20H,2,5,7,13H2,1H3,(H,31,33);1-2,4,6-10,18H,3,5,11H2,(H,29,32)(H,30,31)/b8-4+;6-2+. The molecule has 6 rings (SSSR count). The smallest absolute Gasteiger partial charge is 0.416 e. The fraction of sp³-hybridized carbons (Fsp3) is 0.304. The SMILES string of the molecule is CCOC(=O)/C=C/c1ccc2c(c1)CCC2NC(=O)OCc1cc(C(F)(F)F)cc(C(F)(F)F)c1.O=C(O)/C=C/c1ccc2c(c1)CCC2NC(=O)OCc1cc(C(F)(F)F)cc(C(F)(F)F)c1. The summed E-state index contributed by atoms with van der Waals surface area (Å²) in [5.41, 5.74) is -2.06. The van der Waals surface area contributed by atoms with E-state index in [0.29, 0.717) is 55.5 Å². The Labute approximate surface area is 378 Å². The van der Waals surface area contributed by atoms with E-state index < -0.39 is 108 Å². The molecular weight excluding hydrogens is 936 g/mol. The fourth-order valence-electron chi connectivity index (χ4n) is 7.18. The van der Waals surface area contributed by atoms with Crippen molar-refractivity contribution in [1.82, 2.24) is 10.6 Å². The van der Waals surface area contributed by atoms with Crippen LogP contribution in [-0.2, 0) is 74.6 Å². The number of hydrogen-bond acceptors (Lipinski definition) is 7. The maximum Gasteiger partial charge on any atom is 0.416 e. The minimum absolute atomic E-state index is 0.00105. The number of carbonyl (C=O) groups excluding carboxylic acids is 3. The van der Waals surface area contributed by atoms with E-state index in [4.69, 9.17) is 19.3 Å². The lowest BCUT2D eigenvalue weighted by Gasteiger charge is -2.16. The van der Waals surface area contributed by atoms with Crippen LogP contribution in [0.15, 0.2) is 84.9 Å². The van der Waals surface area contributed by atoms with Gasteiger partial charge in [0.1, 0.15) is 13.2 Å². The Morgan fingerprint density at radius 1 is 0.559 bits per heavy atom. The summed E-state index contributed by atoms with van der Waals surface area (Å²) in [6, 6.07) is 11.6. The minimum atomic E-state index is -5.00. The highest BCUT2D eigenvalue weighted by Gasteiger charge is 2.38. The summed E-state index contributed by atoms with van der Waals surface area (Å²) in [6.45, 7) is 0.403. The number of esters is 1. The summed E-state index contributed by atoms with van der Waals surface area (Å²) in [7, 11) is 0. The third-order valence-electron chi connectivity index (χ3n) is 10.2. The number of carbonyl (C=O) groups is 4. The first-order chi connectivity index (χ1) is 31.7. The number of nitrogens with one attached hydrogen (secondary N) is 2. The van der Waals surface area contributed by atoms with Crippen LogP contribution in [0.1, 0.15) is 98.6 Å². The molecule has 2 aliphatic rings. The number of alkyl carbamates (subject to hydrolysis) is 2. The highest BCUT2D eigenvalue weighted by Crippen LogP contribution is 2.39. The van der Waals surface area contributed by atoms with Crippen molar-refractivity contribution in [2.75, 3.05) is 6.61 Å². The summed E-state index contributed by atoms with van der Waals surface area (Å²) in [6.07, 6.45) is -14.4. The van der Waals surface area contributed by atoms with Gasteiger partial charge in [0.25, 0.3) is 0 Å². The molecule has 364 valence electrons. The van der Waals surface area contributed by atoms with Crippen molar-refractivity contribution in [3.63, 3.8) is 0 Å². The van der Waals surface area contributed by atoms with Crippen molar-refractivity contribution in [1.29, 1.82) is 0 Å². The van der Waals surface area contributed by atoms with Gasteiger partial charge in [0.05, 0.1) is 40.9 Å². The highest BCUT2D eigenvalue weighted by molar-refractivity contribution is 5.87. The van der Waals surface area contributed by atoms with Crippen LogP contribution in [-0.4, -0.2) is 35.8 Å². The molecule has 0 saturated carbocycles. The van der Waals surface area contributed by atoms with Crippen molar-refractivity contribution in [3.8, 4) is 0 Å². The molecule has 0 fully saturated rings. The number of fused-ring (bicyclic) bond motifs is 2. The van der Waals surface area contributed by atoms with E-state index in [1.165, 1.54) is 12.2 Å². The maximum atomic E-state index is 13.0. The van der Waals surface area contributed by atoms with Crippen molar-refractivity contribution in [2.24, 2.45) is 0 Å². The van der Waals surface area contributed by atoms with Crippen LogP contribution in [0.3, 0.4) is 0 Å². The zero-order chi connectivity index (χ0) is 50.2. The molecule has 0 heterocycles. The number of carboxylic acid groups (broad SMARTS) is 1. The summed E-state index contributed by atoms with van der Waals surface area (Å²) in [5, 5.41) is 13.8. The van der Waals surface area contributed by atoms with Gasteiger partial charge in [0.15, 0.2) is 0 Å². The molecule has 68 heavy (non-hydrogen) atoms. The first kappa shape index (κ1) is 52.0. The third-order valence-corrected chi connectivity index (χ3v) is 10.2. The molecular formula is C46H38F12N2O8. The van der Waals surface area contributed by atoms with Gasteiger partial charge < -0.3 is 30.0 Å². The first-order valence-electron chi connectivity index (χ1n) is 20.1. The van der Waals surface area contributed by atoms with Crippen LogP contribution in [0, 0.1) is 0 Å². The number of aryl methyl sites for hydroxylation is 2. The van der Waals surface area contributed by atoms with Crippen LogP contribution < -0.4 is 10.6 Å². The average molecular weight is 975 g/mol. The van der Waals surface area contributed by atoms with E-state index in [1.54, 1.807) is 43.3 Å². The lowest BCUT2D eigenvalue weighted by Crippen LogP contribution is -2.27. The Morgan fingerprint density at radius 2 is 0.926 bits per heavy atom. The Bertz CT molecular complexity index is 2500. The molecule has 0 aromatic heterocycles. The quantitative estimate of drug-likeness (QED) is 0.0584. The number of rotatable bonds is 11. The van der Waals surface area contributed by atoms with Crippen molar-refractivity contribution in [2.45, 2.75) is 82.6 Å². The minimum Gasteiger partial charge on any atom is -0.478 e. The molecule has 0 saturated heterocycles. The van der Waals surface area contributed by atoms with Crippen LogP contribution in [0.2, 0.25) is 0 Å². The fourth-order valence-corrected chi connectivity index (χ4v) is 7.18. The van der Waals surface area contributed by atoms with E-state index in [-0.39, 0.29) is 18.7 Å². The second-order valence-corrected chi connectivity index (χ2v) is 15.1. The monoisotopic (exact) mass is 974 g/mol. The van der Waals surface area contributed by atoms with E-state index in [0.717, 1.165) is 33.9 Å². The lowest BCUT2D eigenvalue weighted by molar-refractivity contribution is -0.144. The number of alkyl halides is 12. The second-order valence-electron chi connectivity index (χ2n) is 15.1. The number of amides is 2. The van der Waals surface area contributed by atoms with E-state index >= 15 is 0 Å². The molecule has 4 aromatic carbocycles. The number of hydrogen-bond donors (Lipinski definition) is 3. The molecule has 10 nitrogen and oxygen atoms in total. The Morgan fingerprint density at radius 3 is 1.26 bits per heavy atom. The van der Waals surface area contributed by atoms with Crippen molar-refractivity contribution < 1.29 is 91.2 Å². The van der Waals surface area contributed by atoms with Crippen LogP contribution in [0.5, 0.6) is 0 Å². The van der Waals surface area contributed by atoms with E-state index in [2.05, 4.69) is 10.6 Å². The predicted molar refractivity (Wildman–Crippen MR) is 217 cm³/mol. The van der Waals surface area contributed by atoms with E-state index in [9.17, 15) is 71.9 Å². The molecule has 0 spiro atoms. The Balaban J connectivity index is 0.000000255. The molecule has 2 atom stereocenters. The Hall–Kier alpha value is -7.00.